The second-order valence-corrected chi connectivity index (χ2v) is 4.05. The average Bonchev–Trinajstić information content (AvgIpc) is 2.14. The Labute approximate surface area is 85.6 Å². The first-order chi connectivity index (χ1) is 6.59. The first-order valence-electron chi connectivity index (χ1n) is 5.22. The van der Waals surface area contributed by atoms with Crippen LogP contribution in [0.1, 0.15) is 20.8 Å². The first-order valence-corrected chi connectivity index (χ1v) is 5.22. The van der Waals surface area contributed by atoms with Crippen molar-refractivity contribution in [2.75, 3.05) is 26.2 Å². The standard InChI is InChI=1S/C10H20N2O2/c1-8(2)14-7-10(13)12-5-4-11-9(3)6-12/h8-9,11H,4-7H2,1-3H3. The molecule has 0 aromatic rings. The lowest BCUT2D eigenvalue weighted by Gasteiger charge is -2.32. The van der Waals surface area contributed by atoms with Crippen LogP contribution < -0.4 is 5.32 Å². The minimum atomic E-state index is 0.104. The van der Waals surface area contributed by atoms with Gasteiger partial charge in [-0.05, 0) is 20.8 Å². The molecular formula is C10H20N2O2. The molecular weight excluding hydrogens is 180 g/mol. The van der Waals surface area contributed by atoms with E-state index in [1.165, 1.54) is 0 Å². The van der Waals surface area contributed by atoms with Gasteiger partial charge in [0.25, 0.3) is 0 Å². The zero-order valence-electron chi connectivity index (χ0n) is 9.25. The molecule has 1 saturated heterocycles. The highest BCUT2D eigenvalue weighted by Crippen LogP contribution is 2.00. The molecule has 0 aromatic carbocycles. The quantitative estimate of drug-likeness (QED) is 0.709. The molecule has 0 aliphatic carbocycles. The maximum Gasteiger partial charge on any atom is 0.248 e. The van der Waals surface area contributed by atoms with Crippen molar-refractivity contribution in [2.45, 2.75) is 32.9 Å². The summed E-state index contributed by atoms with van der Waals surface area (Å²) in [6.45, 7) is 8.65. The zero-order chi connectivity index (χ0) is 10.6. The number of amides is 1. The highest BCUT2D eigenvalue weighted by molar-refractivity contribution is 5.77. The normalized spacial score (nSPS) is 22.9. The SMILES string of the molecule is CC1CN(C(=O)COC(C)C)CCN1. The van der Waals surface area contributed by atoms with Crippen LogP contribution in [-0.2, 0) is 9.53 Å². The molecule has 0 radical (unpaired) electrons. The molecule has 0 aromatic heterocycles. The van der Waals surface area contributed by atoms with Gasteiger partial charge in [0.1, 0.15) is 6.61 Å². The van der Waals surface area contributed by atoms with E-state index in [4.69, 9.17) is 4.74 Å². The molecule has 1 atom stereocenters. The van der Waals surface area contributed by atoms with Crippen molar-refractivity contribution in [3.8, 4) is 0 Å². The number of piperazine rings is 1. The smallest absolute Gasteiger partial charge is 0.248 e. The molecule has 1 rings (SSSR count). The fraction of sp³-hybridized carbons (Fsp3) is 0.900. The molecule has 82 valence electrons. The van der Waals surface area contributed by atoms with Gasteiger partial charge in [0.15, 0.2) is 0 Å². The van der Waals surface area contributed by atoms with Crippen molar-refractivity contribution in [1.82, 2.24) is 10.2 Å². The monoisotopic (exact) mass is 200 g/mol. The molecule has 0 bridgehead atoms. The predicted octanol–water partition coefficient (Wildman–Crippen LogP) is 0.232. The highest BCUT2D eigenvalue weighted by Gasteiger charge is 2.20. The average molecular weight is 200 g/mol. The Morgan fingerprint density at radius 1 is 1.64 bits per heavy atom. The second-order valence-electron chi connectivity index (χ2n) is 4.05. The molecule has 4 heteroatoms. The van der Waals surface area contributed by atoms with Crippen molar-refractivity contribution in [1.29, 1.82) is 0 Å². The van der Waals surface area contributed by atoms with Crippen LogP contribution in [0.5, 0.6) is 0 Å². The highest BCUT2D eigenvalue weighted by atomic mass is 16.5. The molecule has 1 aliphatic heterocycles. The molecule has 14 heavy (non-hydrogen) atoms. The van der Waals surface area contributed by atoms with Crippen molar-refractivity contribution < 1.29 is 9.53 Å². The molecule has 4 nitrogen and oxygen atoms in total. The topological polar surface area (TPSA) is 41.6 Å². The molecule has 1 aliphatic rings. The van der Waals surface area contributed by atoms with E-state index >= 15 is 0 Å². The van der Waals surface area contributed by atoms with Crippen molar-refractivity contribution in [3.05, 3.63) is 0 Å². The minimum Gasteiger partial charge on any atom is -0.369 e. The lowest BCUT2D eigenvalue weighted by atomic mass is 10.2. The van der Waals surface area contributed by atoms with Crippen LogP contribution in [0.2, 0.25) is 0 Å². The van der Waals surface area contributed by atoms with Crippen molar-refractivity contribution in [3.63, 3.8) is 0 Å². The maximum absolute atomic E-state index is 11.6. The Balaban J connectivity index is 2.29. The molecule has 1 unspecified atom stereocenters. The minimum absolute atomic E-state index is 0.104. The summed E-state index contributed by atoms with van der Waals surface area (Å²) in [5.41, 5.74) is 0. The summed E-state index contributed by atoms with van der Waals surface area (Å²) >= 11 is 0. The number of rotatable bonds is 3. The van der Waals surface area contributed by atoms with Gasteiger partial charge in [-0.15, -0.1) is 0 Å². The van der Waals surface area contributed by atoms with Gasteiger partial charge in [-0.2, -0.15) is 0 Å². The fourth-order valence-corrected chi connectivity index (χ4v) is 1.49. The number of nitrogens with zero attached hydrogens (tertiary/aromatic N) is 1. The van der Waals surface area contributed by atoms with E-state index in [0.29, 0.717) is 6.04 Å². The van der Waals surface area contributed by atoms with Crippen LogP contribution >= 0.6 is 0 Å². The van der Waals surface area contributed by atoms with Crippen LogP contribution in [0.3, 0.4) is 0 Å². The summed E-state index contributed by atoms with van der Waals surface area (Å²) in [7, 11) is 0. The van der Waals surface area contributed by atoms with Gasteiger partial charge in [0.05, 0.1) is 6.10 Å². The Hall–Kier alpha value is -0.610. The van der Waals surface area contributed by atoms with Crippen LogP contribution in [0, 0.1) is 0 Å². The summed E-state index contributed by atoms with van der Waals surface area (Å²) in [5.74, 6) is 0.104. The fourth-order valence-electron chi connectivity index (χ4n) is 1.49. The third-order valence-electron chi connectivity index (χ3n) is 2.26. The molecule has 1 fully saturated rings. The summed E-state index contributed by atoms with van der Waals surface area (Å²) in [5, 5.41) is 3.30. The third-order valence-corrected chi connectivity index (χ3v) is 2.26. The van der Waals surface area contributed by atoms with Crippen molar-refractivity contribution >= 4 is 5.91 Å². The van der Waals surface area contributed by atoms with Gasteiger partial charge < -0.3 is 15.0 Å². The van der Waals surface area contributed by atoms with Gasteiger partial charge in [0, 0.05) is 25.7 Å². The van der Waals surface area contributed by atoms with E-state index in [1.54, 1.807) is 0 Å². The van der Waals surface area contributed by atoms with E-state index in [2.05, 4.69) is 12.2 Å². The van der Waals surface area contributed by atoms with E-state index < -0.39 is 0 Å². The van der Waals surface area contributed by atoms with E-state index in [-0.39, 0.29) is 18.6 Å². The number of hydrogen-bond acceptors (Lipinski definition) is 3. The first kappa shape index (κ1) is 11.5. The number of hydrogen-bond donors (Lipinski definition) is 1. The van der Waals surface area contributed by atoms with Crippen molar-refractivity contribution in [2.24, 2.45) is 0 Å². The zero-order valence-corrected chi connectivity index (χ0v) is 9.25. The van der Waals surface area contributed by atoms with E-state index in [1.807, 2.05) is 18.7 Å². The molecule has 0 saturated carbocycles. The largest absolute Gasteiger partial charge is 0.369 e. The number of ether oxygens (including phenoxy) is 1. The second kappa shape index (κ2) is 5.32. The molecule has 1 heterocycles. The van der Waals surface area contributed by atoms with E-state index in [9.17, 15) is 4.79 Å². The Morgan fingerprint density at radius 2 is 2.36 bits per heavy atom. The maximum atomic E-state index is 11.6. The summed E-state index contributed by atoms with van der Waals surface area (Å²) in [6.07, 6.45) is 0.124. The lowest BCUT2D eigenvalue weighted by molar-refractivity contribution is -0.138. The molecule has 0 spiro atoms. The van der Waals surface area contributed by atoms with Gasteiger partial charge in [-0.25, -0.2) is 0 Å². The number of nitrogens with one attached hydrogen (secondary N) is 1. The van der Waals surface area contributed by atoms with Gasteiger partial charge >= 0.3 is 0 Å². The van der Waals surface area contributed by atoms with Crippen LogP contribution in [-0.4, -0.2) is 49.2 Å². The van der Waals surface area contributed by atoms with Gasteiger partial charge in [-0.3, -0.25) is 4.79 Å². The van der Waals surface area contributed by atoms with Crippen LogP contribution in [0.25, 0.3) is 0 Å². The van der Waals surface area contributed by atoms with Gasteiger partial charge in [0.2, 0.25) is 5.91 Å². The summed E-state index contributed by atoms with van der Waals surface area (Å²) in [6, 6.07) is 0.395. The van der Waals surface area contributed by atoms with Gasteiger partial charge in [-0.1, -0.05) is 0 Å². The number of carbonyl (C=O) groups excluding carboxylic acids is 1. The molecule has 1 amide bonds. The third kappa shape index (κ3) is 3.64. The van der Waals surface area contributed by atoms with Crippen LogP contribution in [0.4, 0.5) is 0 Å². The molecule has 1 N–H and O–H groups in total. The Kier molecular flexibility index (Phi) is 4.35. The lowest BCUT2D eigenvalue weighted by Crippen LogP contribution is -2.52. The predicted molar refractivity (Wildman–Crippen MR) is 55.1 cm³/mol. The number of carbonyl (C=O) groups is 1. The van der Waals surface area contributed by atoms with Crippen LogP contribution in [0.15, 0.2) is 0 Å². The Bertz CT molecular complexity index is 195. The van der Waals surface area contributed by atoms with E-state index in [0.717, 1.165) is 19.6 Å². The summed E-state index contributed by atoms with van der Waals surface area (Å²) < 4.78 is 5.28. The Morgan fingerprint density at radius 3 is 2.93 bits per heavy atom. The summed E-state index contributed by atoms with van der Waals surface area (Å²) in [4.78, 5) is 13.5.